The lowest BCUT2D eigenvalue weighted by Gasteiger charge is -2.21. The van der Waals surface area contributed by atoms with Gasteiger partial charge in [-0.05, 0) is 25.0 Å². The molecule has 104 valence electrons. The van der Waals surface area contributed by atoms with E-state index in [0.29, 0.717) is 6.54 Å². The Hall–Kier alpha value is -1.82. The fourth-order valence-corrected chi connectivity index (χ4v) is 2.21. The SMILES string of the molecule is CN(CC1CCCO1)C(=O)Cn1cccc1C(=O)O. The van der Waals surface area contributed by atoms with E-state index in [4.69, 9.17) is 9.84 Å². The minimum atomic E-state index is -1.03. The Morgan fingerprint density at radius 1 is 1.58 bits per heavy atom. The number of carbonyl (C=O) groups excluding carboxylic acids is 1. The number of carbonyl (C=O) groups is 2. The molecule has 6 heteroatoms. The number of carboxylic acid groups (broad SMARTS) is 1. The standard InChI is InChI=1S/C13H18N2O4/c1-14(8-10-4-3-7-19-10)12(16)9-15-6-2-5-11(15)13(17)18/h2,5-6,10H,3-4,7-9H2,1H3,(H,17,18). The van der Waals surface area contributed by atoms with Crippen molar-refractivity contribution in [1.82, 2.24) is 9.47 Å². The second-order valence-electron chi connectivity index (χ2n) is 4.74. The average molecular weight is 266 g/mol. The van der Waals surface area contributed by atoms with E-state index < -0.39 is 5.97 Å². The van der Waals surface area contributed by atoms with Crippen LogP contribution in [0.5, 0.6) is 0 Å². The van der Waals surface area contributed by atoms with E-state index in [1.807, 2.05) is 0 Å². The van der Waals surface area contributed by atoms with E-state index in [9.17, 15) is 9.59 Å². The zero-order valence-corrected chi connectivity index (χ0v) is 10.9. The highest BCUT2D eigenvalue weighted by Gasteiger charge is 2.21. The molecule has 1 fully saturated rings. The van der Waals surface area contributed by atoms with Crippen LogP contribution >= 0.6 is 0 Å². The summed E-state index contributed by atoms with van der Waals surface area (Å²) < 4.78 is 6.92. The lowest BCUT2D eigenvalue weighted by atomic mass is 10.2. The zero-order valence-electron chi connectivity index (χ0n) is 10.9. The predicted molar refractivity (Wildman–Crippen MR) is 68.0 cm³/mol. The van der Waals surface area contributed by atoms with Crippen molar-refractivity contribution in [3.05, 3.63) is 24.0 Å². The fourth-order valence-electron chi connectivity index (χ4n) is 2.21. The topological polar surface area (TPSA) is 71.8 Å². The van der Waals surface area contributed by atoms with Gasteiger partial charge in [0.1, 0.15) is 12.2 Å². The van der Waals surface area contributed by atoms with Crippen molar-refractivity contribution < 1.29 is 19.4 Å². The minimum Gasteiger partial charge on any atom is -0.477 e. The highest BCUT2D eigenvalue weighted by molar-refractivity contribution is 5.86. The van der Waals surface area contributed by atoms with Crippen LogP contribution in [0.4, 0.5) is 0 Å². The molecule has 1 aromatic heterocycles. The van der Waals surface area contributed by atoms with Gasteiger partial charge in [-0.2, -0.15) is 0 Å². The van der Waals surface area contributed by atoms with Gasteiger partial charge in [0.15, 0.2) is 0 Å². The Morgan fingerprint density at radius 2 is 2.37 bits per heavy atom. The average Bonchev–Trinajstić information content (AvgIpc) is 2.99. The number of hydrogen-bond donors (Lipinski definition) is 1. The maximum Gasteiger partial charge on any atom is 0.352 e. The van der Waals surface area contributed by atoms with Crippen LogP contribution in [0.15, 0.2) is 18.3 Å². The van der Waals surface area contributed by atoms with Crippen LogP contribution in [0.1, 0.15) is 23.3 Å². The molecule has 0 bridgehead atoms. The molecule has 1 unspecified atom stereocenters. The number of amides is 1. The molecule has 0 radical (unpaired) electrons. The first-order valence-corrected chi connectivity index (χ1v) is 6.32. The van der Waals surface area contributed by atoms with Gasteiger partial charge in [-0.3, -0.25) is 4.79 Å². The molecule has 1 aromatic rings. The van der Waals surface area contributed by atoms with E-state index in [1.165, 1.54) is 10.6 Å². The third-order valence-electron chi connectivity index (χ3n) is 3.28. The molecule has 19 heavy (non-hydrogen) atoms. The van der Waals surface area contributed by atoms with Gasteiger partial charge in [0.05, 0.1) is 6.10 Å². The number of nitrogens with zero attached hydrogens (tertiary/aromatic N) is 2. The number of carboxylic acids is 1. The van der Waals surface area contributed by atoms with Crippen LogP contribution in [0.3, 0.4) is 0 Å². The van der Waals surface area contributed by atoms with Crippen LogP contribution in [-0.4, -0.2) is 52.8 Å². The second kappa shape index (κ2) is 5.88. The van der Waals surface area contributed by atoms with Gasteiger partial charge >= 0.3 is 5.97 Å². The Bertz CT molecular complexity index is 463. The summed E-state index contributed by atoms with van der Waals surface area (Å²) in [4.78, 5) is 24.6. The number of hydrogen-bond acceptors (Lipinski definition) is 3. The summed E-state index contributed by atoms with van der Waals surface area (Å²) in [6, 6.07) is 3.10. The van der Waals surface area contributed by atoms with Gasteiger partial charge in [-0.15, -0.1) is 0 Å². The molecule has 1 N–H and O–H groups in total. The summed E-state index contributed by atoms with van der Waals surface area (Å²) in [6.07, 6.45) is 3.72. The van der Waals surface area contributed by atoms with Gasteiger partial charge in [0.25, 0.3) is 0 Å². The first kappa shape index (κ1) is 13.6. The van der Waals surface area contributed by atoms with Gasteiger partial charge in [-0.25, -0.2) is 4.79 Å². The lowest BCUT2D eigenvalue weighted by molar-refractivity contribution is -0.131. The molecular weight excluding hydrogens is 248 g/mol. The smallest absolute Gasteiger partial charge is 0.352 e. The number of rotatable bonds is 5. The highest BCUT2D eigenvalue weighted by Crippen LogP contribution is 2.13. The molecule has 6 nitrogen and oxygen atoms in total. The maximum absolute atomic E-state index is 12.0. The van der Waals surface area contributed by atoms with E-state index in [0.717, 1.165) is 19.4 Å². The number of likely N-dealkylation sites (N-methyl/N-ethyl adjacent to an activating group) is 1. The Kier molecular flexibility index (Phi) is 4.21. The van der Waals surface area contributed by atoms with Crippen LogP contribution in [0.2, 0.25) is 0 Å². The molecule has 1 atom stereocenters. The monoisotopic (exact) mass is 266 g/mol. The summed E-state index contributed by atoms with van der Waals surface area (Å²) >= 11 is 0. The Morgan fingerprint density at radius 3 is 3.00 bits per heavy atom. The number of aromatic nitrogens is 1. The summed E-state index contributed by atoms with van der Waals surface area (Å²) in [5, 5.41) is 8.97. The third kappa shape index (κ3) is 3.35. The van der Waals surface area contributed by atoms with Crippen molar-refractivity contribution >= 4 is 11.9 Å². The van der Waals surface area contributed by atoms with Crippen molar-refractivity contribution in [2.24, 2.45) is 0 Å². The summed E-state index contributed by atoms with van der Waals surface area (Å²) in [5.41, 5.74) is 0.124. The van der Waals surface area contributed by atoms with Gasteiger partial charge in [0, 0.05) is 26.4 Å². The van der Waals surface area contributed by atoms with Crippen LogP contribution < -0.4 is 0 Å². The van der Waals surface area contributed by atoms with Gasteiger partial charge < -0.3 is 19.3 Å². The van der Waals surface area contributed by atoms with Crippen molar-refractivity contribution in [2.45, 2.75) is 25.5 Å². The molecule has 0 aliphatic carbocycles. The fraction of sp³-hybridized carbons (Fsp3) is 0.538. The minimum absolute atomic E-state index is 0.0395. The third-order valence-corrected chi connectivity index (χ3v) is 3.28. The predicted octanol–water partition coefficient (Wildman–Crippen LogP) is 0.824. The van der Waals surface area contributed by atoms with E-state index in [2.05, 4.69) is 0 Å². The van der Waals surface area contributed by atoms with E-state index in [1.54, 1.807) is 24.2 Å². The maximum atomic E-state index is 12.0. The van der Waals surface area contributed by atoms with E-state index in [-0.39, 0.29) is 24.2 Å². The molecule has 1 amide bonds. The lowest BCUT2D eigenvalue weighted by Crippen LogP contribution is -2.36. The second-order valence-corrected chi connectivity index (χ2v) is 4.74. The number of ether oxygens (including phenoxy) is 1. The first-order chi connectivity index (χ1) is 9.08. The van der Waals surface area contributed by atoms with Gasteiger partial charge in [-0.1, -0.05) is 0 Å². The van der Waals surface area contributed by atoms with Gasteiger partial charge in [0.2, 0.25) is 5.91 Å². The largest absolute Gasteiger partial charge is 0.477 e. The molecule has 2 rings (SSSR count). The summed E-state index contributed by atoms with van der Waals surface area (Å²) in [6.45, 7) is 1.35. The quantitative estimate of drug-likeness (QED) is 0.856. The molecule has 0 aromatic carbocycles. The molecular formula is C13H18N2O4. The summed E-state index contributed by atoms with van der Waals surface area (Å²) in [7, 11) is 1.72. The van der Waals surface area contributed by atoms with Crippen molar-refractivity contribution in [3.63, 3.8) is 0 Å². The van der Waals surface area contributed by atoms with E-state index >= 15 is 0 Å². The van der Waals surface area contributed by atoms with Crippen LogP contribution in [0.25, 0.3) is 0 Å². The normalized spacial score (nSPS) is 18.5. The van der Waals surface area contributed by atoms with Crippen molar-refractivity contribution in [3.8, 4) is 0 Å². The summed E-state index contributed by atoms with van der Waals surface area (Å²) in [5.74, 6) is -1.14. The van der Waals surface area contributed by atoms with Crippen molar-refractivity contribution in [1.29, 1.82) is 0 Å². The first-order valence-electron chi connectivity index (χ1n) is 6.32. The zero-order chi connectivity index (χ0) is 13.8. The Labute approximate surface area is 111 Å². The van der Waals surface area contributed by atoms with Crippen LogP contribution in [0, 0.1) is 0 Å². The highest BCUT2D eigenvalue weighted by atomic mass is 16.5. The van der Waals surface area contributed by atoms with Crippen LogP contribution in [-0.2, 0) is 16.1 Å². The Balaban J connectivity index is 1.92. The molecule has 1 saturated heterocycles. The molecule has 0 saturated carbocycles. The van der Waals surface area contributed by atoms with Crippen molar-refractivity contribution in [2.75, 3.05) is 20.2 Å². The molecule has 2 heterocycles. The molecule has 1 aliphatic heterocycles. The molecule has 0 spiro atoms. The molecule has 1 aliphatic rings. The number of aromatic carboxylic acids is 1.